The fourth-order valence-corrected chi connectivity index (χ4v) is 3.54. The van der Waals surface area contributed by atoms with Crippen LogP contribution in [0.2, 0.25) is 0 Å². The van der Waals surface area contributed by atoms with E-state index in [9.17, 15) is 0 Å². The third-order valence-corrected chi connectivity index (χ3v) is 4.52. The van der Waals surface area contributed by atoms with Crippen molar-refractivity contribution < 1.29 is 4.74 Å². The quantitative estimate of drug-likeness (QED) is 0.889. The van der Waals surface area contributed by atoms with Gasteiger partial charge in [-0.3, -0.25) is 4.68 Å². The van der Waals surface area contributed by atoms with E-state index in [2.05, 4.69) is 30.5 Å². The lowest BCUT2D eigenvalue weighted by Crippen LogP contribution is -2.47. The van der Waals surface area contributed by atoms with Crippen LogP contribution in [0.15, 0.2) is 12.4 Å². The second-order valence-electron chi connectivity index (χ2n) is 5.82. The summed E-state index contributed by atoms with van der Waals surface area (Å²) in [4.78, 5) is 0. The molecule has 0 radical (unpaired) electrons. The molecule has 2 rings (SSSR count). The van der Waals surface area contributed by atoms with Gasteiger partial charge in [0.15, 0.2) is 0 Å². The van der Waals surface area contributed by atoms with Crippen LogP contribution in [0.5, 0.6) is 0 Å². The molecule has 0 bridgehead atoms. The number of rotatable bonds is 5. The summed E-state index contributed by atoms with van der Waals surface area (Å²) in [6.45, 7) is 5.35. The van der Waals surface area contributed by atoms with Crippen LogP contribution in [-0.4, -0.2) is 29.5 Å². The SMILES string of the molecule is CCn1cc(C(NC)C2(OC)CCCC(C)C2)cn1. The molecule has 1 N–H and O–H groups in total. The topological polar surface area (TPSA) is 39.1 Å². The van der Waals surface area contributed by atoms with Crippen LogP contribution in [0.4, 0.5) is 0 Å². The Morgan fingerprint density at radius 3 is 2.95 bits per heavy atom. The maximum Gasteiger partial charge on any atom is 0.0876 e. The highest BCUT2D eigenvalue weighted by Gasteiger charge is 2.42. The van der Waals surface area contributed by atoms with E-state index in [4.69, 9.17) is 4.74 Å². The Labute approximate surface area is 116 Å². The largest absolute Gasteiger partial charge is 0.376 e. The summed E-state index contributed by atoms with van der Waals surface area (Å²) in [6, 6.07) is 0.223. The van der Waals surface area contributed by atoms with Crippen LogP contribution >= 0.6 is 0 Å². The molecule has 0 spiro atoms. The first-order valence-corrected chi connectivity index (χ1v) is 7.40. The molecule has 1 aliphatic carbocycles. The van der Waals surface area contributed by atoms with Gasteiger partial charge in [0.05, 0.1) is 17.8 Å². The maximum atomic E-state index is 6.00. The molecule has 1 aromatic heterocycles. The van der Waals surface area contributed by atoms with Crippen LogP contribution in [0.1, 0.15) is 51.1 Å². The zero-order valence-corrected chi connectivity index (χ0v) is 12.6. The predicted molar refractivity (Wildman–Crippen MR) is 77.1 cm³/mol. The molecule has 3 unspecified atom stereocenters. The van der Waals surface area contributed by atoms with Crippen LogP contribution in [-0.2, 0) is 11.3 Å². The minimum atomic E-state index is -0.0893. The molecule has 0 saturated heterocycles. The highest BCUT2D eigenvalue weighted by Crippen LogP contribution is 2.43. The Morgan fingerprint density at radius 1 is 1.63 bits per heavy atom. The summed E-state index contributed by atoms with van der Waals surface area (Å²) in [5, 5.41) is 7.86. The Morgan fingerprint density at radius 2 is 2.42 bits per heavy atom. The lowest BCUT2D eigenvalue weighted by Gasteiger charge is -2.44. The number of aromatic nitrogens is 2. The Balaban J connectivity index is 2.27. The van der Waals surface area contributed by atoms with E-state index in [1.165, 1.54) is 18.4 Å². The van der Waals surface area contributed by atoms with Crippen LogP contribution in [0.25, 0.3) is 0 Å². The van der Waals surface area contributed by atoms with Crippen molar-refractivity contribution in [2.24, 2.45) is 5.92 Å². The van der Waals surface area contributed by atoms with Crippen molar-refractivity contribution >= 4 is 0 Å². The van der Waals surface area contributed by atoms with E-state index in [1.807, 2.05) is 25.0 Å². The predicted octanol–water partition coefficient (Wildman–Crippen LogP) is 2.76. The van der Waals surface area contributed by atoms with Gasteiger partial charge in [0.2, 0.25) is 0 Å². The summed E-state index contributed by atoms with van der Waals surface area (Å²) in [5.74, 6) is 0.728. The van der Waals surface area contributed by atoms with Gasteiger partial charge < -0.3 is 10.1 Å². The maximum absolute atomic E-state index is 6.00. The fraction of sp³-hybridized carbons (Fsp3) is 0.800. The van der Waals surface area contributed by atoms with Gasteiger partial charge in [0.25, 0.3) is 0 Å². The summed E-state index contributed by atoms with van der Waals surface area (Å²) in [7, 11) is 3.88. The molecule has 4 nitrogen and oxygen atoms in total. The molecule has 0 aromatic carbocycles. The number of nitrogens with zero attached hydrogens (tertiary/aromatic N) is 2. The standard InChI is InChI=1S/C15H27N3O/c1-5-18-11-13(10-17-18)14(16-3)15(19-4)8-6-7-12(2)9-15/h10-12,14,16H,5-9H2,1-4H3. The van der Waals surface area contributed by atoms with Gasteiger partial charge in [-0.1, -0.05) is 19.8 Å². The monoisotopic (exact) mass is 265 g/mol. The molecular weight excluding hydrogens is 238 g/mol. The lowest BCUT2D eigenvalue weighted by molar-refractivity contribution is -0.0790. The Hall–Kier alpha value is -0.870. The minimum absolute atomic E-state index is 0.0893. The van der Waals surface area contributed by atoms with Gasteiger partial charge in [0.1, 0.15) is 0 Å². The number of hydrogen-bond acceptors (Lipinski definition) is 3. The van der Waals surface area contributed by atoms with Crippen LogP contribution in [0, 0.1) is 5.92 Å². The van der Waals surface area contributed by atoms with Crippen LogP contribution in [0.3, 0.4) is 0 Å². The van der Waals surface area contributed by atoms with Crippen molar-refractivity contribution in [2.75, 3.05) is 14.2 Å². The van der Waals surface area contributed by atoms with Crippen molar-refractivity contribution in [2.45, 2.75) is 57.7 Å². The van der Waals surface area contributed by atoms with Crippen molar-refractivity contribution in [3.63, 3.8) is 0 Å². The highest BCUT2D eigenvalue weighted by molar-refractivity contribution is 5.17. The van der Waals surface area contributed by atoms with Gasteiger partial charge in [0, 0.05) is 25.4 Å². The van der Waals surface area contributed by atoms with E-state index in [0.717, 1.165) is 25.3 Å². The third-order valence-electron chi connectivity index (χ3n) is 4.52. The normalized spacial score (nSPS) is 29.4. The number of nitrogens with one attached hydrogen (secondary N) is 1. The summed E-state index contributed by atoms with van der Waals surface area (Å²) in [5.41, 5.74) is 1.15. The van der Waals surface area contributed by atoms with E-state index >= 15 is 0 Å². The molecule has 0 aliphatic heterocycles. The van der Waals surface area contributed by atoms with Crippen LogP contribution < -0.4 is 5.32 Å². The van der Waals surface area contributed by atoms with Gasteiger partial charge in [-0.15, -0.1) is 0 Å². The van der Waals surface area contributed by atoms with Gasteiger partial charge in [-0.25, -0.2) is 0 Å². The molecule has 19 heavy (non-hydrogen) atoms. The van der Waals surface area contributed by atoms with Gasteiger partial charge in [-0.2, -0.15) is 5.10 Å². The average Bonchev–Trinajstić information content (AvgIpc) is 2.88. The van der Waals surface area contributed by atoms with Gasteiger partial charge >= 0.3 is 0 Å². The smallest absolute Gasteiger partial charge is 0.0876 e. The van der Waals surface area contributed by atoms with Crippen molar-refractivity contribution in [1.82, 2.24) is 15.1 Å². The highest BCUT2D eigenvalue weighted by atomic mass is 16.5. The molecule has 108 valence electrons. The number of aryl methyl sites for hydroxylation is 1. The summed E-state index contributed by atoms with van der Waals surface area (Å²) >= 11 is 0. The number of hydrogen-bond donors (Lipinski definition) is 1. The molecule has 0 amide bonds. The second-order valence-corrected chi connectivity index (χ2v) is 5.82. The number of ether oxygens (including phenoxy) is 1. The molecule has 4 heteroatoms. The molecule has 1 aromatic rings. The van der Waals surface area contributed by atoms with E-state index < -0.39 is 0 Å². The first-order valence-electron chi connectivity index (χ1n) is 7.40. The average molecular weight is 265 g/mol. The molecule has 1 saturated carbocycles. The van der Waals surface area contributed by atoms with Crippen molar-refractivity contribution in [3.8, 4) is 0 Å². The summed E-state index contributed by atoms with van der Waals surface area (Å²) < 4.78 is 7.98. The first-order chi connectivity index (χ1) is 9.15. The van der Waals surface area contributed by atoms with Gasteiger partial charge in [-0.05, 0) is 32.7 Å². The first kappa shape index (κ1) is 14.5. The number of methoxy groups -OCH3 is 1. The fourth-order valence-electron chi connectivity index (χ4n) is 3.54. The minimum Gasteiger partial charge on any atom is -0.376 e. The third kappa shape index (κ3) is 2.84. The Kier molecular flexibility index (Phi) is 4.63. The molecule has 3 atom stereocenters. The van der Waals surface area contributed by atoms with E-state index in [1.54, 1.807) is 0 Å². The number of likely N-dealkylation sites (N-methyl/N-ethyl adjacent to an activating group) is 1. The van der Waals surface area contributed by atoms with E-state index in [-0.39, 0.29) is 11.6 Å². The Bertz CT molecular complexity index is 404. The second kappa shape index (κ2) is 6.06. The molecule has 1 aliphatic rings. The van der Waals surface area contributed by atoms with Crippen molar-refractivity contribution in [3.05, 3.63) is 18.0 Å². The molecule has 1 heterocycles. The van der Waals surface area contributed by atoms with E-state index in [0.29, 0.717) is 0 Å². The zero-order chi connectivity index (χ0) is 13.9. The lowest BCUT2D eigenvalue weighted by atomic mass is 9.73. The molecular formula is C15H27N3O. The zero-order valence-electron chi connectivity index (χ0n) is 12.6. The van der Waals surface area contributed by atoms with Crippen molar-refractivity contribution in [1.29, 1.82) is 0 Å². The summed E-state index contributed by atoms with van der Waals surface area (Å²) in [6.07, 6.45) is 8.92. The molecule has 1 fully saturated rings.